The fourth-order valence-electron chi connectivity index (χ4n) is 2.44. The van der Waals surface area contributed by atoms with E-state index < -0.39 is 5.82 Å². The molecule has 2 aromatic carbocycles. The first kappa shape index (κ1) is 14.9. The molecule has 3 rings (SSSR count). The lowest BCUT2D eigenvalue weighted by Crippen LogP contribution is -2.13. The Morgan fingerprint density at radius 1 is 1.22 bits per heavy atom. The van der Waals surface area contributed by atoms with Gasteiger partial charge < -0.3 is 10.6 Å². The first-order chi connectivity index (χ1) is 11.0. The lowest BCUT2D eigenvalue weighted by molar-refractivity contribution is -0.115. The number of carbonyl (C=O) groups excluding carboxylic acids is 2. The molecule has 1 heterocycles. The van der Waals surface area contributed by atoms with E-state index in [1.165, 1.54) is 13.0 Å². The van der Waals surface area contributed by atoms with Crippen LogP contribution in [0.3, 0.4) is 0 Å². The Kier molecular flexibility index (Phi) is 3.89. The van der Waals surface area contributed by atoms with Crippen molar-refractivity contribution in [2.75, 3.05) is 17.2 Å². The van der Waals surface area contributed by atoms with Crippen LogP contribution in [-0.2, 0) is 9.59 Å². The molecule has 6 heteroatoms. The Labute approximate surface area is 132 Å². The van der Waals surface area contributed by atoms with Crippen LogP contribution >= 0.6 is 0 Å². The van der Waals surface area contributed by atoms with E-state index in [1.54, 1.807) is 36.4 Å². The molecule has 0 aliphatic carbocycles. The van der Waals surface area contributed by atoms with Crippen molar-refractivity contribution in [2.24, 2.45) is 4.99 Å². The number of rotatable bonds is 2. The van der Waals surface area contributed by atoms with Crippen LogP contribution in [0.4, 0.5) is 15.8 Å². The molecule has 1 aliphatic heterocycles. The third kappa shape index (κ3) is 3.11. The number of benzodiazepines with no additional fused rings is 1. The molecular formula is C17H14FN3O2. The fourth-order valence-corrected chi connectivity index (χ4v) is 2.44. The van der Waals surface area contributed by atoms with Gasteiger partial charge in [-0.05, 0) is 30.3 Å². The van der Waals surface area contributed by atoms with Crippen molar-refractivity contribution >= 4 is 28.9 Å². The number of nitrogens with zero attached hydrogens (tertiary/aromatic N) is 1. The minimum atomic E-state index is -0.420. The van der Waals surface area contributed by atoms with E-state index in [0.717, 1.165) is 0 Å². The minimum Gasteiger partial charge on any atom is -0.326 e. The molecule has 0 saturated carbocycles. The molecule has 0 spiro atoms. The number of halogens is 1. The first-order valence-corrected chi connectivity index (χ1v) is 7.06. The summed E-state index contributed by atoms with van der Waals surface area (Å²) >= 11 is 0. The average molecular weight is 311 g/mol. The Morgan fingerprint density at radius 3 is 2.74 bits per heavy atom. The smallest absolute Gasteiger partial charge is 0.246 e. The molecule has 2 N–H and O–H groups in total. The second-order valence-corrected chi connectivity index (χ2v) is 5.13. The van der Waals surface area contributed by atoms with Crippen LogP contribution in [0.25, 0.3) is 0 Å². The lowest BCUT2D eigenvalue weighted by Gasteiger charge is -2.13. The highest BCUT2D eigenvalue weighted by molar-refractivity contribution is 6.19. The third-order valence-corrected chi connectivity index (χ3v) is 3.38. The van der Waals surface area contributed by atoms with Crippen LogP contribution in [-0.4, -0.2) is 24.1 Å². The number of hydrogen-bond acceptors (Lipinski definition) is 3. The molecule has 0 unspecified atom stereocenters. The Bertz CT molecular complexity index is 830. The topological polar surface area (TPSA) is 70.6 Å². The first-order valence-electron chi connectivity index (χ1n) is 7.06. The Hall–Kier alpha value is -3.02. The summed E-state index contributed by atoms with van der Waals surface area (Å²) in [7, 11) is 0. The van der Waals surface area contributed by atoms with Gasteiger partial charge in [-0.25, -0.2) is 4.39 Å². The number of amides is 2. The van der Waals surface area contributed by atoms with Gasteiger partial charge in [0.1, 0.15) is 12.4 Å². The van der Waals surface area contributed by atoms with E-state index in [-0.39, 0.29) is 18.4 Å². The van der Waals surface area contributed by atoms with Crippen LogP contribution in [0.5, 0.6) is 0 Å². The summed E-state index contributed by atoms with van der Waals surface area (Å²) in [6.07, 6.45) is 0. The number of anilines is 2. The maximum atomic E-state index is 14.2. The van der Waals surface area contributed by atoms with Gasteiger partial charge in [-0.2, -0.15) is 0 Å². The summed E-state index contributed by atoms with van der Waals surface area (Å²) in [6, 6.07) is 11.3. The molecule has 0 radical (unpaired) electrons. The molecule has 0 bridgehead atoms. The molecule has 0 atom stereocenters. The van der Waals surface area contributed by atoms with E-state index >= 15 is 0 Å². The molecule has 0 aromatic heterocycles. The highest BCUT2D eigenvalue weighted by atomic mass is 19.1. The van der Waals surface area contributed by atoms with Crippen molar-refractivity contribution in [3.8, 4) is 0 Å². The summed E-state index contributed by atoms with van der Waals surface area (Å²) in [5.41, 5.74) is 2.33. The predicted molar refractivity (Wildman–Crippen MR) is 86.3 cm³/mol. The second-order valence-electron chi connectivity index (χ2n) is 5.13. The molecule has 23 heavy (non-hydrogen) atoms. The highest BCUT2D eigenvalue weighted by Gasteiger charge is 2.20. The summed E-state index contributed by atoms with van der Waals surface area (Å²) in [5.74, 6) is -0.909. The van der Waals surface area contributed by atoms with Gasteiger partial charge in [-0.3, -0.25) is 14.6 Å². The van der Waals surface area contributed by atoms with E-state index in [4.69, 9.17) is 0 Å². The van der Waals surface area contributed by atoms with Crippen molar-refractivity contribution in [1.82, 2.24) is 0 Å². The zero-order valence-electron chi connectivity index (χ0n) is 12.4. The quantitative estimate of drug-likeness (QED) is 0.895. The lowest BCUT2D eigenvalue weighted by atomic mass is 9.99. The van der Waals surface area contributed by atoms with Gasteiger partial charge in [-0.15, -0.1) is 0 Å². The van der Waals surface area contributed by atoms with E-state index in [0.29, 0.717) is 28.2 Å². The fraction of sp³-hybridized carbons (Fsp3) is 0.118. The average Bonchev–Trinajstić information content (AvgIpc) is 2.66. The molecule has 2 amide bonds. The number of benzene rings is 2. The maximum absolute atomic E-state index is 14.2. The van der Waals surface area contributed by atoms with Crippen molar-refractivity contribution < 1.29 is 14.0 Å². The van der Waals surface area contributed by atoms with Crippen molar-refractivity contribution in [3.63, 3.8) is 0 Å². The highest BCUT2D eigenvalue weighted by Crippen LogP contribution is 2.27. The predicted octanol–water partition coefficient (Wildman–Crippen LogP) is 2.57. The van der Waals surface area contributed by atoms with Crippen LogP contribution in [0.1, 0.15) is 18.1 Å². The van der Waals surface area contributed by atoms with Gasteiger partial charge in [0.05, 0.1) is 11.4 Å². The van der Waals surface area contributed by atoms with Crippen LogP contribution in [0.15, 0.2) is 47.5 Å². The zero-order valence-corrected chi connectivity index (χ0v) is 12.4. The van der Waals surface area contributed by atoms with Gasteiger partial charge in [0.15, 0.2) is 0 Å². The normalized spacial score (nSPS) is 13.5. The van der Waals surface area contributed by atoms with E-state index in [1.807, 2.05) is 0 Å². The minimum absolute atomic E-state index is 0.0895. The number of hydrogen-bond donors (Lipinski definition) is 2. The van der Waals surface area contributed by atoms with Crippen molar-refractivity contribution in [2.45, 2.75) is 6.92 Å². The summed E-state index contributed by atoms with van der Waals surface area (Å²) < 4.78 is 14.2. The number of aliphatic imine (C=N–C) groups is 1. The van der Waals surface area contributed by atoms with Gasteiger partial charge in [-0.1, -0.05) is 12.1 Å². The SMILES string of the molecule is CC(=O)Nc1ccc2c(c1)C(c1ccccc1F)=NCC(=O)N2. The third-order valence-electron chi connectivity index (χ3n) is 3.38. The molecule has 116 valence electrons. The van der Waals surface area contributed by atoms with Gasteiger partial charge in [0.2, 0.25) is 11.8 Å². The summed E-state index contributed by atoms with van der Waals surface area (Å²) in [4.78, 5) is 27.3. The largest absolute Gasteiger partial charge is 0.326 e. The van der Waals surface area contributed by atoms with Gasteiger partial charge in [0.25, 0.3) is 0 Å². The van der Waals surface area contributed by atoms with Gasteiger partial charge in [0, 0.05) is 23.7 Å². The molecule has 2 aromatic rings. The Morgan fingerprint density at radius 2 is 2.00 bits per heavy atom. The molecular weight excluding hydrogens is 297 g/mol. The molecule has 5 nitrogen and oxygen atoms in total. The number of fused-ring (bicyclic) bond motifs is 1. The summed E-state index contributed by atoms with van der Waals surface area (Å²) in [5, 5.41) is 5.41. The summed E-state index contributed by atoms with van der Waals surface area (Å²) in [6.45, 7) is 1.31. The van der Waals surface area contributed by atoms with Crippen LogP contribution in [0, 0.1) is 5.82 Å². The van der Waals surface area contributed by atoms with E-state index in [2.05, 4.69) is 15.6 Å². The zero-order chi connectivity index (χ0) is 16.4. The Balaban J connectivity index is 2.16. The molecule has 1 aliphatic rings. The second kappa shape index (κ2) is 6.00. The monoisotopic (exact) mass is 311 g/mol. The van der Waals surface area contributed by atoms with Crippen molar-refractivity contribution in [1.29, 1.82) is 0 Å². The van der Waals surface area contributed by atoms with E-state index in [9.17, 15) is 14.0 Å². The van der Waals surface area contributed by atoms with Crippen LogP contribution < -0.4 is 10.6 Å². The molecule has 0 fully saturated rings. The number of carbonyl (C=O) groups is 2. The van der Waals surface area contributed by atoms with Gasteiger partial charge >= 0.3 is 0 Å². The standard InChI is InChI=1S/C17H14FN3O2/c1-10(22)20-11-6-7-15-13(8-11)17(19-9-16(23)21-15)12-4-2-3-5-14(12)18/h2-8H,9H2,1H3,(H,20,22)(H,21,23). The van der Waals surface area contributed by atoms with Crippen molar-refractivity contribution in [3.05, 3.63) is 59.4 Å². The maximum Gasteiger partial charge on any atom is 0.246 e. The van der Waals surface area contributed by atoms with Crippen LogP contribution in [0.2, 0.25) is 0 Å². The number of nitrogens with one attached hydrogen (secondary N) is 2. The molecule has 0 saturated heterocycles.